The van der Waals surface area contributed by atoms with Crippen LogP contribution in [-0.4, -0.2) is 24.3 Å². The molecule has 116 valence electrons. The Morgan fingerprint density at radius 1 is 1.04 bits per heavy atom. The SMILES string of the molecule is N#CC(=Cc1cccc(OCCOc2ccccc2)c1)C(=O)O. The van der Waals surface area contributed by atoms with Gasteiger partial charge in [0, 0.05) is 0 Å². The highest BCUT2D eigenvalue weighted by atomic mass is 16.5. The van der Waals surface area contributed by atoms with E-state index in [9.17, 15) is 4.79 Å². The van der Waals surface area contributed by atoms with Gasteiger partial charge in [0.05, 0.1) is 0 Å². The zero-order valence-electron chi connectivity index (χ0n) is 12.3. The van der Waals surface area contributed by atoms with Gasteiger partial charge in [0.15, 0.2) is 0 Å². The van der Waals surface area contributed by atoms with E-state index in [-0.39, 0.29) is 5.57 Å². The van der Waals surface area contributed by atoms with Gasteiger partial charge in [-0.2, -0.15) is 5.26 Å². The summed E-state index contributed by atoms with van der Waals surface area (Å²) in [5.41, 5.74) is 0.264. The van der Waals surface area contributed by atoms with Gasteiger partial charge in [-0.3, -0.25) is 0 Å². The summed E-state index contributed by atoms with van der Waals surface area (Å²) in [5, 5.41) is 17.6. The maximum absolute atomic E-state index is 10.8. The van der Waals surface area contributed by atoms with Gasteiger partial charge in [-0.25, -0.2) is 4.79 Å². The highest BCUT2D eigenvalue weighted by molar-refractivity contribution is 5.96. The number of rotatable bonds is 7. The minimum Gasteiger partial charge on any atom is -0.490 e. The lowest BCUT2D eigenvalue weighted by Crippen LogP contribution is -2.08. The molecule has 0 atom stereocenters. The first kappa shape index (κ1) is 16.1. The minimum absolute atomic E-state index is 0.324. The van der Waals surface area contributed by atoms with Crippen LogP contribution in [0.1, 0.15) is 5.56 Å². The van der Waals surface area contributed by atoms with Crippen LogP contribution in [0.4, 0.5) is 0 Å². The van der Waals surface area contributed by atoms with Gasteiger partial charge in [-0.05, 0) is 35.9 Å². The number of nitrogens with zero attached hydrogens (tertiary/aromatic N) is 1. The quantitative estimate of drug-likeness (QED) is 0.483. The van der Waals surface area contributed by atoms with E-state index in [1.165, 1.54) is 6.08 Å². The van der Waals surface area contributed by atoms with Crippen LogP contribution in [-0.2, 0) is 4.79 Å². The van der Waals surface area contributed by atoms with Crippen molar-refractivity contribution in [2.24, 2.45) is 0 Å². The van der Waals surface area contributed by atoms with E-state index in [1.807, 2.05) is 30.3 Å². The molecule has 0 saturated heterocycles. The van der Waals surface area contributed by atoms with Crippen molar-refractivity contribution in [2.75, 3.05) is 13.2 Å². The third kappa shape index (κ3) is 5.21. The summed E-state index contributed by atoms with van der Waals surface area (Å²) in [7, 11) is 0. The highest BCUT2D eigenvalue weighted by Gasteiger charge is 2.06. The van der Waals surface area contributed by atoms with Crippen molar-refractivity contribution < 1.29 is 19.4 Å². The Morgan fingerprint density at radius 2 is 1.70 bits per heavy atom. The summed E-state index contributed by atoms with van der Waals surface area (Å²) in [6.45, 7) is 0.745. The Balaban J connectivity index is 1.90. The molecule has 0 aliphatic heterocycles. The number of hydrogen-bond donors (Lipinski definition) is 1. The predicted molar refractivity (Wildman–Crippen MR) is 85.1 cm³/mol. The second-order valence-corrected chi connectivity index (χ2v) is 4.56. The number of hydrogen-bond acceptors (Lipinski definition) is 4. The normalized spacial score (nSPS) is 10.7. The lowest BCUT2D eigenvalue weighted by Gasteiger charge is -2.08. The molecule has 2 aromatic carbocycles. The molecule has 5 nitrogen and oxygen atoms in total. The van der Waals surface area contributed by atoms with Crippen molar-refractivity contribution in [3.05, 3.63) is 65.7 Å². The van der Waals surface area contributed by atoms with E-state index in [1.54, 1.807) is 30.3 Å². The average Bonchev–Trinajstić information content (AvgIpc) is 2.57. The number of nitriles is 1. The molecule has 0 aliphatic carbocycles. The largest absolute Gasteiger partial charge is 0.490 e. The summed E-state index contributed by atoms with van der Waals surface area (Å²) >= 11 is 0. The number of carboxylic acids is 1. The van der Waals surface area contributed by atoms with Crippen LogP contribution in [0, 0.1) is 11.3 Å². The lowest BCUT2D eigenvalue weighted by atomic mass is 10.1. The first-order valence-electron chi connectivity index (χ1n) is 6.95. The average molecular weight is 309 g/mol. The van der Waals surface area contributed by atoms with Crippen molar-refractivity contribution in [3.8, 4) is 17.6 Å². The van der Waals surface area contributed by atoms with Gasteiger partial charge in [0.1, 0.15) is 36.4 Å². The molecule has 1 N–H and O–H groups in total. The molecule has 0 bridgehead atoms. The zero-order chi connectivity index (χ0) is 16.5. The number of benzene rings is 2. The second-order valence-electron chi connectivity index (χ2n) is 4.56. The molecule has 23 heavy (non-hydrogen) atoms. The molecule has 5 heteroatoms. The maximum Gasteiger partial charge on any atom is 0.346 e. The maximum atomic E-state index is 10.8. The molecule has 0 radical (unpaired) electrons. The molecule has 0 aromatic heterocycles. The number of aliphatic carboxylic acids is 1. The van der Waals surface area contributed by atoms with E-state index in [2.05, 4.69) is 0 Å². The molecule has 0 fully saturated rings. The van der Waals surface area contributed by atoms with Crippen LogP contribution in [0.15, 0.2) is 60.2 Å². The van der Waals surface area contributed by atoms with E-state index in [4.69, 9.17) is 19.8 Å². The topological polar surface area (TPSA) is 79.5 Å². The molecule has 0 unspecified atom stereocenters. The van der Waals surface area contributed by atoms with Crippen LogP contribution in [0.2, 0.25) is 0 Å². The summed E-state index contributed by atoms with van der Waals surface area (Å²) in [5.74, 6) is 0.0982. The Kier molecular flexibility index (Phi) is 5.78. The number of carboxylic acid groups (broad SMARTS) is 1. The fourth-order valence-corrected chi connectivity index (χ4v) is 1.84. The zero-order valence-corrected chi connectivity index (χ0v) is 12.3. The smallest absolute Gasteiger partial charge is 0.346 e. The molecule has 0 saturated carbocycles. The van der Waals surface area contributed by atoms with Gasteiger partial charge in [0.2, 0.25) is 0 Å². The summed E-state index contributed by atoms with van der Waals surface area (Å²) in [4.78, 5) is 10.8. The van der Waals surface area contributed by atoms with Gasteiger partial charge in [0.25, 0.3) is 0 Å². The molecule has 2 aromatic rings. The predicted octanol–water partition coefficient (Wildman–Crippen LogP) is 3.14. The van der Waals surface area contributed by atoms with Gasteiger partial charge in [-0.15, -0.1) is 0 Å². The van der Waals surface area contributed by atoms with Gasteiger partial charge < -0.3 is 14.6 Å². The lowest BCUT2D eigenvalue weighted by molar-refractivity contribution is -0.132. The highest BCUT2D eigenvalue weighted by Crippen LogP contribution is 2.16. The molecule has 0 aliphatic rings. The standard InChI is InChI=1S/C18H15NO4/c19-13-15(18(20)21)11-14-5-4-8-17(12-14)23-10-9-22-16-6-2-1-3-7-16/h1-8,11-12H,9-10H2,(H,20,21). The van der Waals surface area contributed by atoms with E-state index in [0.717, 1.165) is 5.75 Å². The Labute approximate surface area is 134 Å². The van der Waals surface area contributed by atoms with Crippen LogP contribution in [0.5, 0.6) is 11.5 Å². The van der Waals surface area contributed by atoms with Crippen molar-refractivity contribution >= 4 is 12.0 Å². The second kappa shape index (κ2) is 8.25. The third-order valence-electron chi connectivity index (χ3n) is 2.88. The number of carbonyl (C=O) groups is 1. The molecule has 0 spiro atoms. The monoisotopic (exact) mass is 309 g/mol. The van der Waals surface area contributed by atoms with Gasteiger partial charge in [-0.1, -0.05) is 30.3 Å². The first-order chi connectivity index (χ1) is 11.2. The van der Waals surface area contributed by atoms with Crippen LogP contribution in [0.25, 0.3) is 6.08 Å². The fraction of sp³-hybridized carbons (Fsp3) is 0.111. The first-order valence-corrected chi connectivity index (χ1v) is 6.95. The molecular formula is C18H15NO4. The van der Waals surface area contributed by atoms with E-state index in [0.29, 0.717) is 24.5 Å². The molecule has 0 amide bonds. The molecular weight excluding hydrogens is 294 g/mol. The fourth-order valence-electron chi connectivity index (χ4n) is 1.84. The number of para-hydroxylation sites is 1. The van der Waals surface area contributed by atoms with Crippen molar-refractivity contribution in [2.45, 2.75) is 0 Å². The van der Waals surface area contributed by atoms with Crippen LogP contribution >= 0.6 is 0 Å². The van der Waals surface area contributed by atoms with E-state index >= 15 is 0 Å². The van der Waals surface area contributed by atoms with Crippen molar-refractivity contribution in [1.82, 2.24) is 0 Å². The molecule has 0 heterocycles. The third-order valence-corrected chi connectivity index (χ3v) is 2.88. The molecule has 2 rings (SSSR count). The summed E-state index contributed by atoms with van der Waals surface area (Å²) < 4.78 is 11.1. The van der Waals surface area contributed by atoms with Crippen molar-refractivity contribution in [3.63, 3.8) is 0 Å². The summed E-state index contributed by atoms with van der Waals surface area (Å²) in [6.07, 6.45) is 1.30. The summed E-state index contributed by atoms with van der Waals surface area (Å²) in [6, 6.07) is 17.9. The van der Waals surface area contributed by atoms with Crippen LogP contribution < -0.4 is 9.47 Å². The van der Waals surface area contributed by atoms with E-state index < -0.39 is 5.97 Å². The number of ether oxygens (including phenoxy) is 2. The Morgan fingerprint density at radius 3 is 2.35 bits per heavy atom. The Bertz CT molecular complexity index is 732. The Hall–Kier alpha value is -3.26. The van der Waals surface area contributed by atoms with Crippen molar-refractivity contribution in [1.29, 1.82) is 5.26 Å². The van der Waals surface area contributed by atoms with Gasteiger partial charge >= 0.3 is 5.97 Å². The van der Waals surface area contributed by atoms with Crippen LogP contribution in [0.3, 0.4) is 0 Å². The minimum atomic E-state index is -1.25.